The molecule has 0 heterocycles. The number of sulfonamides is 1. The fraction of sp³-hybridized carbons (Fsp3) is 0.125. The standard InChI is InChI=1S/C24H24N2O3S/c1-20-10-8-9-15-23(20)25-24(27)19-26(18-22-13-6-3-7-14-22)30(28,29)17-16-21-11-4-2-5-12-21/h2-17H,18-19H2,1H3,(H,25,27)/b17-16+. The molecule has 0 fully saturated rings. The lowest BCUT2D eigenvalue weighted by Crippen LogP contribution is -2.36. The second kappa shape index (κ2) is 10.0. The summed E-state index contributed by atoms with van der Waals surface area (Å²) in [4.78, 5) is 12.6. The SMILES string of the molecule is Cc1ccccc1NC(=O)CN(Cc1ccccc1)S(=O)(=O)/C=C/c1ccccc1. The maximum Gasteiger partial charge on any atom is 0.239 e. The molecule has 0 saturated heterocycles. The van der Waals surface area contributed by atoms with Gasteiger partial charge in [0.2, 0.25) is 15.9 Å². The summed E-state index contributed by atoms with van der Waals surface area (Å²) in [5.74, 6) is -0.392. The van der Waals surface area contributed by atoms with Crippen LogP contribution in [0.2, 0.25) is 0 Å². The number of para-hydroxylation sites is 1. The third-order valence-electron chi connectivity index (χ3n) is 4.53. The monoisotopic (exact) mass is 420 g/mol. The lowest BCUT2D eigenvalue weighted by atomic mass is 10.2. The van der Waals surface area contributed by atoms with Crippen LogP contribution in [0.15, 0.2) is 90.3 Å². The van der Waals surface area contributed by atoms with Gasteiger partial charge in [-0.05, 0) is 35.8 Å². The fourth-order valence-electron chi connectivity index (χ4n) is 2.90. The van der Waals surface area contributed by atoms with E-state index in [1.807, 2.05) is 85.8 Å². The predicted molar refractivity (Wildman–Crippen MR) is 121 cm³/mol. The maximum absolute atomic E-state index is 13.0. The molecule has 3 rings (SSSR count). The predicted octanol–water partition coefficient (Wildman–Crippen LogP) is 4.44. The van der Waals surface area contributed by atoms with Gasteiger partial charge in [-0.15, -0.1) is 0 Å². The summed E-state index contributed by atoms with van der Waals surface area (Å²) in [5.41, 5.74) is 3.15. The van der Waals surface area contributed by atoms with Crippen LogP contribution in [-0.4, -0.2) is 25.2 Å². The first-order chi connectivity index (χ1) is 14.4. The fourth-order valence-corrected chi connectivity index (χ4v) is 4.03. The van der Waals surface area contributed by atoms with Crippen molar-refractivity contribution in [1.29, 1.82) is 0 Å². The molecule has 0 aliphatic carbocycles. The molecule has 30 heavy (non-hydrogen) atoms. The minimum Gasteiger partial charge on any atom is -0.325 e. The first-order valence-electron chi connectivity index (χ1n) is 9.57. The molecule has 5 nitrogen and oxygen atoms in total. The number of hydrogen-bond donors (Lipinski definition) is 1. The summed E-state index contributed by atoms with van der Waals surface area (Å²) in [7, 11) is -3.82. The molecular weight excluding hydrogens is 396 g/mol. The van der Waals surface area contributed by atoms with Gasteiger partial charge in [0, 0.05) is 17.6 Å². The minimum atomic E-state index is -3.82. The highest BCUT2D eigenvalue weighted by Crippen LogP contribution is 2.16. The van der Waals surface area contributed by atoms with E-state index in [1.165, 1.54) is 10.4 Å². The van der Waals surface area contributed by atoms with Crippen molar-refractivity contribution in [3.8, 4) is 0 Å². The molecule has 0 bridgehead atoms. The van der Waals surface area contributed by atoms with E-state index in [4.69, 9.17) is 0 Å². The summed E-state index contributed by atoms with van der Waals surface area (Å²) in [5, 5.41) is 3.95. The number of hydrogen-bond acceptors (Lipinski definition) is 3. The number of aryl methyl sites for hydroxylation is 1. The largest absolute Gasteiger partial charge is 0.325 e. The van der Waals surface area contributed by atoms with Crippen LogP contribution in [0.25, 0.3) is 6.08 Å². The summed E-state index contributed by atoms with van der Waals surface area (Å²) >= 11 is 0. The quantitative estimate of drug-likeness (QED) is 0.586. The summed E-state index contributed by atoms with van der Waals surface area (Å²) in [6, 6.07) is 25.8. The van der Waals surface area contributed by atoms with Gasteiger partial charge in [0.05, 0.1) is 6.54 Å². The van der Waals surface area contributed by atoms with E-state index in [2.05, 4.69) is 5.32 Å². The maximum atomic E-state index is 13.0. The van der Waals surface area contributed by atoms with Crippen LogP contribution in [0.3, 0.4) is 0 Å². The highest BCUT2D eigenvalue weighted by Gasteiger charge is 2.23. The molecule has 0 saturated carbocycles. The molecule has 0 spiro atoms. The van der Waals surface area contributed by atoms with Crippen LogP contribution in [0, 0.1) is 6.92 Å². The number of amides is 1. The van der Waals surface area contributed by atoms with Crippen molar-refractivity contribution in [2.45, 2.75) is 13.5 Å². The Kier molecular flexibility index (Phi) is 7.17. The van der Waals surface area contributed by atoms with Gasteiger partial charge in [-0.25, -0.2) is 8.42 Å². The molecule has 3 aromatic rings. The van der Waals surface area contributed by atoms with Crippen LogP contribution in [0.4, 0.5) is 5.69 Å². The number of benzene rings is 3. The summed E-state index contributed by atoms with van der Waals surface area (Å²) < 4.78 is 27.2. The molecule has 154 valence electrons. The molecule has 0 aliphatic heterocycles. The van der Waals surface area contributed by atoms with Gasteiger partial charge >= 0.3 is 0 Å². The van der Waals surface area contributed by atoms with E-state index in [-0.39, 0.29) is 13.1 Å². The van der Waals surface area contributed by atoms with Gasteiger partial charge in [-0.1, -0.05) is 78.9 Å². The van der Waals surface area contributed by atoms with E-state index in [9.17, 15) is 13.2 Å². The third kappa shape index (κ3) is 6.14. The molecule has 1 amide bonds. The molecule has 1 N–H and O–H groups in total. The van der Waals surface area contributed by atoms with Gasteiger partial charge in [0.15, 0.2) is 0 Å². The van der Waals surface area contributed by atoms with Crippen molar-refractivity contribution in [1.82, 2.24) is 4.31 Å². The normalized spacial score (nSPS) is 11.7. The summed E-state index contributed by atoms with van der Waals surface area (Å²) in [6.45, 7) is 1.70. The van der Waals surface area contributed by atoms with Crippen LogP contribution < -0.4 is 5.32 Å². The van der Waals surface area contributed by atoms with Crippen LogP contribution in [0.5, 0.6) is 0 Å². The van der Waals surface area contributed by atoms with E-state index in [0.717, 1.165) is 22.1 Å². The van der Waals surface area contributed by atoms with Gasteiger partial charge in [-0.3, -0.25) is 4.79 Å². The van der Waals surface area contributed by atoms with Crippen LogP contribution in [0.1, 0.15) is 16.7 Å². The van der Waals surface area contributed by atoms with E-state index in [0.29, 0.717) is 5.69 Å². The molecule has 0 atom stereocenters. The summed E-state index contributed by atoms with van der Waals surface area (Å²) in [6.07, 6.45) is 1.53. The van der Waals surface area contributed by atoms with Crippen molar-refractivity contribution in [3.63, 3.8) is 0 Å². The lowest BCUT2D eigenvalue weighted by Gasteiger charge is -2.20. The number of nitrogens with zero attached hydrogens (tertiary/aromatic N) is 1. The average Bonchev–Trinajstić information content (AvgIpc) is 2.75. The molecule has 0 aromatic heterocycles. The van der Waals surface area contributed by atoms with Crippen LogP contribution >= 0.6 is 0 Å². The van der Waals surface area contributed by atoms with E-state index in [1.54, 1.807) is 6.07 Å². The average molecular weight is 421 g/mol. The van der Waals surface area contributed by atoms with Gasteiger partial charge in [-0.2, -0.15) is 4.31 Å². The van der Waals surface area contributed by atoms with Crippen molar-refractivity contribution >= 4 is 27.7 Å². The zero-order valence-corrected chi connectivity index (χ0v) is 17.5. The van der Waals surface area contributed by atoms with Gasteiger partial charge in [0.25, 0.3) is 0 Å². The van der Waals surface area contributed by atoms with E-state index >= 15 is 0 Å². The Hall–Kier alpha value is -3.22. The van der Waals surface area contributed by atoms with Crippen molar-refractivity contribution in [3.05, 3.63) is 107 Å². The number of rotatable bonds is 8. The van der Waals surface area contributed by atoms with Gasteiger partial charge in [0.1, 0.15) is 0 Å². The Morgan fingerprint density at radius 3 is 2.17 bits per heavy atom. The van der Waals surface area contributed by atoms with Gasteiger partial charge < -0.3 is 5.32 Å². The Bertz CT molecular complexity index is 1110. The van der Waals surface area contributed by atoms with Crippen molar-refractivity contribution in [2.24, 2.45) is 0 Å². The molecule has 6 heteroatoms. The third-order valence-corrected chi connectivity index (χ3v) is 5.99. The highest BCUT2D eigenvalue weighted by atomic mass is 32.2. The first-order valence-corrected chi connectivity index (χ1v) is 11.1. The Morgan fingerprint density at radius 2 is 1.50 bits per heavy atom. The van der Waals surface area contributed by atoms with Crippen LogP contribution in [-0.2, 0) is 21.4 Å². The second-order valence-electron chi connectivity index (χ2n) is 6.88. The molecule has 0 radical (unpaired) electrons. The molecule has 3 aromatic carbocycles. The first kappa shape index (κ1) is 21.5. The number of carbonyl (C=O) groups is 1. The Morgan fingerprint density at radius 1 is 0.900 bits per heavy atom. The molecular formula is C24H24N2O3S. The van der Waals surface area contributed by atoms with Crippen molar-refractivity contribution in [2.75, 3.05) is 11.9 Å². The minimum absolute atomic E-state index is 0.101. The highest BCUT2D eigenvalue weighted by molar-refractivity contribution is 7.92. The Labute approximate surface area is 177 Å². The number of nitrogens with one attached hydrogen (secondary N) is 1. The van der Waals surface area contributed by atoms with Crippen molar-refractivity contribution < 1.29 is 13.2 Å². The molecule has 0 unspecified atom stereocenters. The zero-order chi connectivity index (χ0) is 21.4. The number of anilines is 1. The zero-order valence-electron chi connectivity index (χ0n) is 16.7. The lowest BCUT2D eigenvalue weighted by molar-refractivity contribution is -0.116. The molecule has 0 aliphatic rings. The topological polar surface area (TPSA) is 66.5 Å². The second-order valence-corrected chi connectivity index (χ2v) is 8.69. The smallest absolute Gasteiger partial charge is 0.239 e. The number of carbonyl (C=O) groups excluding carboxylic acids is 1. The van der Waals surface area contributed by atoms with E-state index < -0.39 is 15.9 Å². The Balaban J connectivity index is 1.81.